The highest BCUT2D eigenvalue weighted by Crippen LogP contribution is 2.24. The Balaban J connectivity index is 1.51. The molecule has 1 aliphatic rings. The fourth-order valence-corrected chi connectivity index (χ4v) is 3.74. The Labute approximate surface area is 162 Å². The Bertz CT molecular complexity index is 719. The van der Waals surface area contributed by atoms with Gasteiger partial charge in [-0.2, -0.15) is 0 Å². The van der Waals surface area contributed by atoms with E-state index in [-0.39, 0.29) is 5.91 Å². The van der Waals surface area contributed by atoms with Gasteiger partial charge in [-0.3, -0.25) is 4.79 Å². The molecule has 0 unspecified atom stereocenters. The van der Waals surface area contributed by atoms with E-state index < -0.39 is 0 Å². The maximum absolute atomic E-state index is 12.7. The molecule has 0 aliphatic heterocycles. The van der Waals surface area contributed by atoms with Gasteiger partial charge >= 0.3 is 0 Å². The molecule has 2 aromatic rings. The number of ether oxygens (including phenoxy) is 1. The molecule has 1 amide bonds. The first-order chi connectivity index (χ1) is 13.2. The van der Waals surface area contributed by atoms with Crippen molar-refractivity contribution in [3.05, 3.63) is 59.7 Å². The summed E-state index contributed by atoms with van der Waals surface area (Å²) in [7, 11) is 3.59. The Morgan fingerprint density at radius 3 is 2.33 bits per heavy atom. The molecular weight excluding hydrogens is 336 g/mol. The quantitative estimate of drug-likeness (QED) is 0.753. The summed E-state index contributed by atoms with van der Waals surface area (Å²) in [5.41, 5.74) is 2.95. The van der Waals surface area contributed by atoms with E-state index in [4.69, 9.17) is 4.74 Å². The van der Waals surface area contributed by atoms with Crippen LogP contribution in [0, 0.1) is 5.92 Å². The van der Waals surface area contributed by atoms with Crippen LogP contribution in [0.1, 0.15) is 48.0 Å². The standard InChI is InChI=1S/C23H30N2O2/c1-25(17-19-6-4-3-5-7-19)23(26)20-10-12-21(13-11-20)24-16-18-8-14-22(27-2)15-9-18/h8-15,19,24H,3-7,16-17H2,1-2H3. The zero-order chi connectivity index (χ0) is 19.1. The van der Waals surface area contributed by atoms with E-state index in [0.29, 0.717) is 5.92 Å². The van der Waals surface area contributed by atoms with E-state index in [1.807, 2.05) is 60.5 Å². The van der Waals surface area contributed by atoms with Crippen LogP contribution in [0.15, 0.2) is 48.5 Å². The number of nitrogens with zero attached hydrogens (tertiary/aromatic N) is 1. The molecule has 1 fully saturated rings. The Kier molecular flexibility index (Phi) is 6.74. The minimum Gasteiger partial charge on any atom is -0.497 e. The second-order valence-corrected chi connectivity index (χ2v) is 7.47. The number of hydrogen-bond acceptors (Lipinski definition) is 3. The molecule has 144 valence electrons. The lowest BCUT2D eigenvalue weighted by Gasteiger charge is -2.27. The van der Waals surface area contributed by atoms with Crippen LogP contribution in [0.5, 0.6) is 5.75 Å². The minimum atomic E-state index is 0.113. The number of amides is 1. The van der Waals surface area contributed by atoms with Crippen molar-refractivity contribution in [3.63, 3.8) is 0 Å². The monoisotopic (exact) mass is 366 g/mol. The maximum Gasteiger partial charge on any atom is 0.253 e. The molecule has 4 nitrogen and oxygen atoms in total. The van der Waals surface area contributed by atoms with Crippen molar-refractivity contribution in [2.75, 3.05) is 26.0 Å². The Morgan fingerprint density at radius 2 is 1.70 bits per heavy atom. The molecule has 0 saturated heterocycles. The highest BCUT2D eigenvalue weighted by molar-refractivity contribution is 5.94. The fraction of sp³-hybridized carbons (Fsp3) is 0.435. The second kappa shape index (κ2) is 9.45. The van der Waals surface area contributed by atoms with Crippen molar-refractivity contribution in [1.82, 2.24) is 4.90 Å². The summed E-state index contributed by atoms with van der Waals surface area (Å²) in [5.74, 6) is 1.64. The van der Waals surface area contributed by atoms with Gasteiger partial charge in [-0.15, -0.1) is 0 Å². The van der Waals surface area contributed by atoms with Crippen molar-refractivity contribution in [2.45, 2.75) is 38.6 Å². The van der Waals surface area contributed by atoms with E-state index in [2.05, 4.69) is 5.32 Å². The molecule has 2 aromatic carbocycles. The zero-order valence-electron chi connectivity index (χ0n) is 16.4. The van der Waals surface area contributed by atoms with Crippen LogP contribution in [0.2, 0.25) is 0 Å². The fourth-order valence-electron chi connectivity index (χ4n) is 3.74. The van der Waals surface area contributed by atoms with Crippen molar-refractivity contribution < 1.29 is 9.53 Å². The largest absolute Gasteiger partial charge is 0.497 e. The molecule has 27 heavy (non-hydrogen) atoms. The number of carbonyl (C=O) groups excluding carboxylic acids is 1. The summed E-state index contributed by atoms with van der Waals surface area (Å²) in [6.07, 6.45) is 6.47. The van der Waals surface area contributed by atoms with Crippen LogP contribution in [0.25, 0.3) is 0 Å². The van der Waals surface area contributed by atoms with Gasteiger partial charge in [0.25, 0.3) is 5.91 Å². The van der Waals surface area contributed by atoms with Gasteiger partial charge in [-0.05, 0) is 60.7 Å². The average molecular weight is 367 g/mol. The Hall–Kier alpha value is -2.49. The molecule has 4 heteroatoms. The second-order valence-electron chi connectivity index (χ2n) is 7.47. The number of benzene rings is 2. The molecule has 0 spiro atoms. The van der Waals surface area contributed by atoms with Crippen molar-refractivity contribution >= 4 is 11.6 Å². The van der Waals surface area contributed by atoms with Crippen molar-refractivity contribution in [1.29, 1.82) is 0 Å². The van der Waals surface area contributed by atoms with Gasteiger partial charge in [0, 0.05) is 31.4 Å². The van der Waals surface area contributed by atoms with E-state index in [0.717, 1.165) is 30.1 Å². The molecule has 1 N–H and O–H groups in total. The predicted molar refractivity (Wildman–Crippen MR) is 110 cm³/mol. The summed E-state index contributed by atoms with van der Waals surface area (Å²) in [5, 5.41) is 3.39. The first-order valence-corrected chi connectivity index (χ1v) is 9.88. The topological polar surface area (TPSA) is 41.6 Å². The summed E-state index contributed by atoms with van der Waals surface area (Å²) >= 11 is 0. The van der Waals surface area contributed by atoms with Crippen molar-refractivity contribution in [2.24, 2.45) is 5.92 Å². The number of anilines is 1. The first-order valence-electron chi connectivity index (χ1n) is 9.88. The van der Waals surface area contributed by atoms with Crippen LogP contribution in [-0.2, 0) is 6.54 Å². The first kappa shape index (κ1) is 19.3. The molecule has 1 saturated carbocycles. The molecule has 0 heterocycles. The number of rotatable bonds is 7. The third-order valence-corrected chi connectivity index (χ3v) is 5.39. The normalized spacial score (nSPS) is 14.6. The zero-order valence-corrected chi connectivity index (χ0v) is 16.4. The molecular formula is C23H30N2O2. The smallest absolute Gasteiger partial charge is 0.253 e. The van der Waals surface area contributed by atoms with Crippen LogP contribution in [0.4, 0.5) is 5.69 Å². The van der Waals surface area contributed by atoms with Gasteiger partial charge in [0.1, 0.15) is 5.75 Å². The maximum atomic E-state index is 12.7. The van der Waals surface area contributed by atoms with Gasteiger partial charge in [0.2, 0.25) is 0 Å². The lowest BCUT2D eigenvalue weighted by atomic mass is 9.89. The highest BCUT2D eigenvalue weighted by atomic mass is 16.5. The third-order valence-electron chi connectivity index (χ3n) is 5.39. The van der Waals surface area contributed by atoms with Crippen molar-refractivity contribution in [3.8, 4) is 5.75 Å². The van der Waals surface area contributed by atoms with Crippen LogP contribution < -0.4 is 10.1 Å². The molecule has 1 aliphatic carbocycles. The summed E-state index contributed by atoms with van der Waals surface area (Å²) in [6, 6.07) is 15.8. The van der Waals surface area contributed by atoms with Gasteiger partial charge in [0.05, 0.1) is 7.11 Å². The lowest BCUT2D eigenvalue weighted by Crippen LogP contribution is -2.32. The van der Waals surface area contributed by atoms with Gasteiger partial charge in [-0.25, -0.2) is 0 Å². The van der Waals surface area contributed by atoms with Crippen LogP contribution in [0.3, 0.4) is 0 Å². The number of nitrogens with one attached hydrogen (secondary N) is 1. The number of carbonyl (C=O) groups is 1. The third kappa shape index (κ3) is 5.49. The highest BCUT2D eigenvalue weighted by Gasteiger charge is 2.19. The summed E-state index contributed by atoms with van der Waals surface area (Å²) < 4.78 is 5.18. The summed E-state index contributed by atoms with van der Waals surface area (Å²) in [6.45, 7) is 1.61. The molecule has 0 radical (unpaired) electrons. The Morgan fingerprint density at radius 1 is 1.04 bits per heavy atom. The molecule has 3 rings (SSSR count). The van der Waals surface area contributed by atoms with Gasteiger partial charge in [-0.1, -0.05) is 31.4 Å². The van der Waals surface area contributed by atoms with Crippen LogP contribution in [-0.4, -0.2) is 31.5 Å². The minimum absolute atomic E-state index is 0.113. The molecule has 0 atom stereocenters. The average Bonchev–Trinajstić information content (AvgIpc) is 2.73. The van der Waals surface area contributed by atoms with E-state index in [1.165, 1.54) is 37.7 Å². The predicted octanol–water partition coefficient (Wildman–Crippen LogP) is 4.96. The van der Waals surface area contributed by atoms with E-state index in [9.17, 15) is 4.79 Å². The van der Waals surface area contributed by atoms with Crippen LogP contribution >= 0.6 is 0 Å². The molecule has 0 bridgehead atoms. The van der Waals surface area contributed by atoms with Gasteiger partial charge in [0.15, 0.2) is 0 Å². The lowest BCUT2D eigenvalue weighted by molar-refractivity contribution is 0.0760. The molecule has 0 aromatic heterocycles. The number of methoxy groups -OCH3 is 1. The SMILES string of the molecule is COc1ccc(CNc2ccc(C(=O)N(C)CC3CCCCC3)cc2)cc1. The van der Waals surface area contributed by atoms with E-state index >= 15 is 0 Å². The van der Waals surface area contributed by atoms with Gasteiger partial charge < -0.3 is 15.0 Å². The van der Waals surface area contributed by atoms with E-state index in [1.54, 1.807) is 7.11 Å². The number of hydrogen-bond donors (Lipinski definition) is 1. The summed E-state index contributed by atoms with van der Waals surface area (Å²) in [4.78, 5) is 14.5.